The van der Waals surface area contributed by atoms with E-state index in [0.29, 0.717) is 26.4 Å². The van der Waals surface area contributed by atoms with Gasteiger partial charge in [-0.15, -0.1) is 11.3 Å². The van der Waals surface area contributed by atoms with Crippen LogP contribution < -0.4 is 5.32 Å². The van der Waals surface area contributed by atoms with Crippen LogP contribution in [-0.4, -0.2) is 10.9 Å². The number of hydrogen-bond donors (Lipinski definition) is 1. The summed E-state index contributed by atoms with van der Waals surface area (Å²) in [6.07, 6.45) is 0.153. The number of carbonyl (C=O) groups excluding carboxylic acids is 1. The van der Waals surface area contributed by atoms with E-state index in [4.69, 9.17) is 34.8 Å². The molecule has 7 heteroatoms. The molecule has 24 heavy (non-hydrogen) atoms. The van der Waals surface area contributed by atoms with Gasteiger partial charge in [0.2, 0.25) is 5.91 Å². The average Bonchev–Trinajstić information content (AvgIpc) is 3.00. The molecule has 0 unspecified atom stereocenters. The van der Waals surface area contributed by atoms with Gasteiger partial charge in [0, 0.05) is 16.0 Å². The lowest BCUT2D eigenvalue weighted by atomic mass is 10.2. The molecule has 3 aromatic rings. The second-order valence-corrected chi connectivity index (χ2v) is 7.06. The fourth-order valence-electron chi connectivity index (χ4n) is 2.10. The molecule has 0 aliphatic heterocycles. The molecule has 1 N–H and O–H groups in total. The fraction of sp³-hybridized carbons (Fsp3) is 0.0588. The second-order valence-electron chi connectivity index (χ2n) is 4.98. The first-order valence-corrected chi connectivity index (χ1v) is 8.98. The molecule has 0 fully saturated rings. The minimum absolute atomic E-state index is 0.153. The number of aromatic nitrogens is 1. The molecule has 3 nitrogen and oxygen atoms in total. The van der Waals surface area contributed by atoms with Crippen LogP contribution in [0.4, 0.5) is 5.69 Å². The van der Waals surface area contributed by atoms with Gasteiger partial charge in [-0.3, -0.25) is 4.79 Å². The molecular formula is C17H11Cl3N2OS. The maximum Gasteiger partial charge on any atom is 0.230 e. The summed E-state index contributed by atoms with van der Waals surface area (Å²) in [5.74, 6) is -0.206. The summed E-state index contributed by atoms with van der Waals surface area (Å²) in [5.41, 5.74) is 2.10. The summed E-state index contributed by atoms with van der Waals surface area (Å²) in [5, 5.41) is 6.79. The third kappa shape index (κ3) is 4.08. The predicted octanol–water partition coefficient (Wildman–Crippen LogP) is 5.95. The highest BCUT2D eigenvalue weighted by atomic mass is 35.5. The second kappa shape index (κ2) is 7.53. The Kier molecular flexibility index (Phi) is 5.41. The molecule has 0 saturated heterocycles. The van der Waals surface area contributed by atoms with Gasteiger partial charge < -0.3 is 5.32 Å². The Morgan fingerprint density at radius 1 is 1.12 bits per heavy atom. The lowest BCUT2D eigenvalue weighted by Gasteiger charge is -2.07. The average molecular weight is 398 g/mol. The first-order chi connectivity index (χ1) is 11.5. The highest BCUT2D eigenvalue weighted by molar-refractivity contribution is 7.13. The van der Waals surface area contributed by atoms with Crippen molar-refractivity contribution in [2.24, 2.45) is 0 Å². The lowest BCUT2D eigenvalue weighted by molar-refractivity contribution is -0.115. The van der Waals surface area contributed by atoms with Gasteiger partial charge in [-0.25, -0.2) is 4.98 Å². The fourth-order valence-corrected chi connectivity index (χ4v) is 3.46. The number of anilines is 1. The van der Waals surface area contributed by atoms with E-state index < -0.39 is 0 Å². The number of halogens is 3. The molecule has 2 aromatic carbocycles. The highest BCUT2D eigenvalue weighted by Crippen LogP contribution is 2.30. The Balaban J connectivity index is 1.70. The summed E-state index contributed by atoms with van der Waals surface area (Å²) >= 11 is 19.5. The van der Waals surface area contributed by atoms with Crippen LogP contribution in [0.15, 0.2) is 47.8 Å². The third-order valence-electron chi connectivity index (χ3n) is 3.19. The van der Waals surface area contributed by atoms with Crippen molar-refractivity contribution in [1.82, 2.24) is 4.98 Å². The number of nitrogens with one attached hydrogen (secondary N) is 1. The topological polar surface area (TPSA) is 42.0 Å². The third-order valence-corrected chi connectivity index (χ3v) is 5.18. The SMILES string of the molecule is O=C(Cc1csc(-c2cccc(Cl)c2)n1)Nc1cccc(Cl)c1Cl. The molecule has 0 atom stereocenters. The molecule has 1 amide bonds. The molecule has 0 bridgehead atoms. The van der Waals surface area contributed by atoms with Crippen LogP contribution >= 0.6 is 46.1 Å². The molecule has 122 valence electrons. The zero-order valence-electron chi connectivity index (χ0n) is 12.2. The minimum Gasteiger partial charge on any atom is -0.324 e. The van der Waals surface area contributed by atoms with Crippen molar-refractivity contribution in [2.45, 2.75) is 6.42 Å². The number of carbonyl (C=O) groups is 1. The Bertz CT molecular complexity index is 895. The standard InChI is InChI=1S/C17H11Cl3N2OS/c18-11-4-1-3-10(7-11)17-21-12(9-24-17)8-15(23)22-14-6-2-5-13(19)16(14)20/h1-7,9H,8H2,(H,22,23). The molecule has 0 spiro atoms. The molecule has 1 heterocycles. The number of benzene rings is 2. The Morgan fingerprint density at radius 3 is 2.71 bits per heavy atom. The van der Waals surface area contributed by atoms with Crippen LogP contribution in [0.1, 0.15) is 5.69 Å². The molecule has 3 rings (SSSR count). The lowest BCUT2D eigenvalue weighted by Crippen LogP contribution is -2.14. The molecule has 0 aliphatic rings. The van der Waals surface area contributed by atoms with Crippen molar-refractivity contribution in [3.63, 3.8) is 0 Å². The number of thiazole rings is 1. The van der Waals surface area contributed by atoms with E-state index in [-0.39, 0.29) is 12.3 Å². The Hall–Kier alpha value is -1.59. The summed E-state index contributed by atoms with van der Waals surface area (Å²) in [6.45, 7) is 0. The van der Waals surface area contributed by atoms with Crippen LogP contribution in [-0.2, 0) is 11.2 Å². The van der Waals surface area contributed by atoms with Gasteiger partial charge in [0.1, 0.15) is 5.01 Å². The van der Waals surface area contributed by atoms with Crippen molar-refractivity contribution in [2.75, 3.05) is 5.32 Å². The number of nitrogens with zero attached hydrogens (tertiary/aromatic N) is 1. The van der Waals surface area contributed by atoms with Crippen LogP contribution in [0.25, 0.3) is 10.6 Å². The first kappa shape index (κ1) is 17.2. The van der Waals surface area contributed by atoms with E-state index in [1.165, 1.54) is 11.3 Å². The monoisotopic (exact) mass is 396 g/mol. The first-order valence-electron chi connectivity index (χ1n) is 6.97. The largest absolute Gasteiger partial charge is 0.324 e. The van der Waals surface area contributed by atoms with Gasteiger partial charge >= 0.3 is 0 Å². The summed E-state index contributed by atoms with van der Waals surface area (Å²) in [4.78, 5) is 16.7. The summed E-state index contributed by atoms with van der Waals surface area (Å²) < 4.78 is 0. The van der Waals surface area contributed by atoms with Crippen LogP contribution in [0, 0.1) is 0 Å². The highest BCUT2D eigenvalue weighted by Gasteiger charge is 2.12. The van der Waals surface area contributed by atoms with Gasteiger partial charge in [-0.05, 0) is 24.3 Å². The van der Waals surface area contributed by atoms with E-state index in [0.717, 1.165) is 10.6 Å². The van der Waals surface area contributed by atoms with E-state index in [9.17, 15) is 4.79 Å². The molecule has 0 saturated carbocycles. The van der Waals surface area contributed by atoms with Gasteiger partial charge in [-0.2, -0.15) is 0 Å². The summed E-state index contributed by atoms with van der Waals surface area (Å²) in [7, 11) is 0. The van der Waals surface area contributed by atoms with Crippen molar-refractivity contribution in [3.8, 4) is 10.6 Å². The maximum absolute atomic E-state index is 12.2. The van der Waals surface area contributed by atoms with Crippen molar-refractivity contribution >= 4 is 57.7 Å². The van der Waals surface area contributed by atoms with Crippen molar-refractivity contribution in [1.29, 1.82) is 0 Å². The zero-order valence-corrected chi connectivity index (χ0v) is 15.3. The molecule has 1 aromatic heterocycles. The van der Waals surface area contributed by atoms with Crippen LogP contribution in [0.2, 0.25) is 15.1 Å². The number of rotatable bonds is 4. The van der Waals surface area contributed by atoms with Crippen molar-refractivity contribution in [3.05, 3.63) is 68.6 Å². The normalized spacial score (nSPS) is 10.6. The molecule has 0 radical (unpaired) electrons. The van der Waals surface area contributed by atoms with Crippen LogP contribution in [0.5, 0.6) is 0 Å². The molecular weight excluding hydrogens is 387 g/mol. The predicted molar refractivity (Wildman–Crippen MR) is 101 cm³/mol. The Morgan fingerprint density at radius 2 is 1.92 bits per heavy atom. The van der Waals surface area contributed by atoms with Gasteiger partial charge in [0.25, 0.3) is 0 Å². The quantitative estimate of drug-likeness (QED) is 0.591. The Labute approximate surface area is 158 Å². The van der Waals surface area contributed by atoms with Gasteiger partial charge in [0.15, 0.2) is 0 Å². The molecule has 0 aliphatic carbocycles. The van der Waals surface area contributed by atoms with E-state index in [2.05, 4.69) is 10.3 Å². The van der Waals surface area contributed by atoms with Gasteiger partial charge in [-0.1, -0.05) is 53.0 Å². The van der Waals surface area contributed by atoms with E-state index >= 15 is 0 Å². The van der Waals surface area contributed by atoms with Gasteiger partial charge in [0.05, 0.1) is 27.8 Å². The maximum atomic E-state index is 12.2. The van der Waals surface area contributed by atoms with Crippen LogP contribution in [0.3, 0.4) is 0 Å². The van der Waals surface area contributed by atoms with E-state index in [1.807, 2.05) is 29.6 Å². The smallest absolute Gasteiger partial charge is 0.230 e. The van der Waals surface area contributed by atoms with E-state index in [1.54, 1.807) is 18.2 Å². The number of hydrogen-bond acceptors (Lipinski definition) is 3. The number of amides is 1. The minimum atomic E-state index is -0.206. The van der Waals surface area contributed by atoms with Crippen molar-refractivity contribution < 1.29 is 4.79 Å². The zero-order chi connectivity index (χ0) is 17.1. The summed E-state index contributed by atoms with van der Waals surface area (Å²) in [6, 6.07) is 12.5.